The molecule has 1 aliphatic rings. The first-order valence-electron chi connectivity index (χ1n) is 4.48. The van der Waals surface area contributed by atoms with Crippen LogP contribution in [0.4, 0.5) is 0 Å². The average molecular weight is 171 g/mol. The lowest BCUT2D eigenvalue weighted by Gasteiger charge is -2.12. The Hall–Kier alpha value is -0.570. The second kappa shape index (κ2) is 3.90. The van der Waals surface area contributed by atoms with Gasteiger partial charge >= 0.3 is 5.97 Å². The third kappa shape index (κ3) is 2.48. The largest absolute Gasteiger partial charge is 0.463 e. The number of hydrogen-bond donors (Lipinski definition) is 0. The van der Waals surface area contributed by atoms with E-state index in [9.17, 15) is 4.79 Å². The number of carbonyl (C=O) groups excluding carboxylic acids is 1. The van der Waals surface area contributed by atoms with E-state index in [-0.39, 0.29) is 18.0 Å². The lowest BCUT2D eigenvalue weighted by molar-refractivity contribution is -0.151. The Morgan fingerprint density at radius 3 is 2.67 bits per heavy atom. The van der Waals surface area contributed by atoms with Crippen LogP contribution < -0.4 is 0 Å². The highest BCUT2D eigenvalue weighted by atomic mass is 16.5. The number of nitrogens with zero attached hydrogens (tertiary/aromatic N) is 1. The summed E-state index contributed by atoms with van der Waals surface area (Å²) in [5, 5.41) is 0. The van der Waals surface area contributed by atoms with Crippen LogP contribution in [0.1, 0.15) is 20.3 Å². The predicted octanol–water partition coefficient (Wildman–Crippen LogP) is 0.890. The van der Waals surface area contributed by atoms with Crippen molar-refractivity contribution in [2.45, 2.75) is 26.4 Å². The van der Waals surface area contributed by atoms with Crippen molar-refractivity contribution in [2.75, 3.05) is 20.1 Å². The van der Waals surface area contributed by atoms with E-state index >= 15 is 0 Å². The first-order chi connectivity index (χ1) is 5.59. The van der Waals surface area contributed by atoms with Gasteiger partial charge in [-0.1, -0.05) is 0 Å². The van der Waals surface area contributed by atoms with Crippen LogP contribution in [-0.2, 0) is 9.53 Å². The molecule has 12 heavy (non-hydrogen) atoms. The molecule has 1 rings (SSSR count). The van der Waals surface area contributed by atoms with Crippen molar-refractivity contribution in [3.05, 3.63) is 0 Å². The normalized spacial score (nSPS) is 24.8. The number of likely N-dealkylation sites (tertiary alicyclic amines) is 1. The highest BCUT2D eigenvalue weighted by Crippen LogP contribution is 2.16. The molecular formula is C9H17NO2. The molecule has 70 valence electrons. The highest BCUT2D eigenvalue weighted by Gasteiger charge is 2.27. The highest BCUT2D eigenvalue weighted by molar-refractivity contribution is 5.73. The predicted molar refractivity (Wildman–Crippen MR) is 46.8 cm³/mol. The molecule has 1 unspecified atom stereocenters. The summed E-state index contributed by atoms with van der Waals surface area (Å²) >= 11 is 0. The Balaban J connectivity index is 2.33. The Bertz CT molecular complexity index is 168. The summed E-state index contributed by atoms with van der Waals surface area (Å²) in [6.45, 7) is 5.64. The molecule has 1 saturated heterocycles. The number of esters is 1. The molecule has 1 heterocycles. The minimum Gasteiger partial charge on any atom is -0.463 e. The van der Waals surface area contributed by atoms with Crippen molar-refractivity contribution in [1.82, 2.24) is 4.90 Å². The fraction of sp³-hybridized carbons (Fsp3) is 0.889. The van der Waals surface area contributed by atoms with Gasteiger partial charge in [0.1, 0.15) is 0 Å². The van der Waals surface area contributed by atoms with Gasteiger partial charge in [0, 0.05) is 6.54 Å². The Kier molecular flexibility index (Phi) is 3.09. The van der Waals surface area contributed by atoms with Crippen LogP contribution in [0, 0.1) is 5.92 Å². The Morgan fingerprint density at radius 1 is 1.58 bits per heavy atom. The molecule has 0 saturated carbocycles. The first kappa shape index (κ1) is 9.52. The number of rotatable bonds is 2. The molecule has 1 atom stereocenters. The van der Waals surface area contributed by atoms with E-state index < -0.39 is 0 Å². The summed E-state index contributed by atoms with van der Waals surface area (Å²) in [4.78, 5) is 13.5. The van der Waals surface area contributed by atoms with Crippen LogP contribution in [0.2, 0.25) is 0 Å². The second-order valence-corrected chi connectivity index (χ2v) is 3.73. The molecule has 1 fully saturated rings. The molecule has 0 N–H and O–H groups in total. The monoisotopic (exact) mass is 171 g/mol. The maximum Gasteiger partial charge on any atom is 0.310 e. The second-order valence-electron chi connectivity index (χ2n) is 3.73. The van der Waals surface area contributed by atoms with Crippen molar-refractivity contribution in [3.63, 3.8) is 0 Å². The molecule has 0 bridgehead atoms. The molecule has 0 aliphatic carbocycles. The summed E-state index contributed by atoms with van der Waals surface area (Å²) in [5.41, 5.74) is 0. The first-order valence-corrected chi connectivity index (χ1v) is 4.48. The SMILES string of the molecule is CC(C)OC(=O)C1CCN(C)C1. The van der Waals surface area contributed by atoms with E-state index in [1.165, 1.54) is 0 Å². The molecule has 0 spiro atoms. The lowest BCUT2D eigenvalue weighted by Crippen LogP contribution is -2.23. The molecule has 0 radical (unpaired) electrons. The van der Waals surface area contributed by atoms with Crippen molar-refractivity contribution >= 4 is 5.97 Å². The van der Waals surface area contributed by atoms with Crippen LogP contribution in [0.25, 0.3) is 0 Å². The lowest BCUT2D eigenvalue weighted by atomic mass is 10.1. The van der Waals surface area contributed by atoms with E-state index in [0.717, 1.165) is 19.5 Å². The zero-order valence-corrected chi connectivity index (χ0v) is 8.04. The quantitative estimate of drug-likeness (QED) is 0.578. The van der Waals surface area contributed by atoms with Gasteiger partial charge in [-0.05, 0) is 33.9 Å². The fourth-order valence-corrected chi connectivity index (χ4v) is 1.46. The van der Waals surface area contributed by atoms with Crippen LogP contribution in [0.15, 0.2) is 0 Å². The Morgan fingerprint density at radius 2 is 2.25 bits per heavy atom. The number of carbonyl (C=O) groups is 1. The van der Waals surface area contributed by atoms with Crippen molar-refractivity contribution < 1.29 is 9.53 Å². The van der Waals surface area contributed by atoms with Crippen molar-refractivity contribution in [1.29, 1.82) is 0 Å². The van der Waals surface area contributed by atoms with Gasteiger partial charge in [-0.15, -0.1) is 0 Å². The summed E-state index contributed by atoms with van der Waals surface area (Å²) in [7, 11) is 2.03. The molecule has 1 aliphatic heterocycles. The molecule has 0 amide bonds. The van der Waals surface area contributed by atoms with Crippen LogP contribution in [0.3, 0.4) is 0 Å². The molecule has 0 aromatic heterocycles. The van der Waals surface area contributed by atoms with Crippen LogP contribution in [0.5, 0.6) is 0 Å². The summed E-state index contributed by atoms with van der Waals surface area (Å²) in [6.07, 6.45) is 0.964. The zero-order valence-electron chi connectivity index (χ0n) is 8.04. The van der Waals surface area contributed by atoms with Gasteiger partial charge in [-0.3, -0.25) is 4.79 Å². The molecule has 3 nitrogen and oxygen atoms in total. The molecule has 0 aromatic carbocycles. The van der Waals surface area contributed by atoms with Crippen molar-refractivity contribution in [2.24, 2.45) is 5.92 Å². The minimum absolute atomic E-state index is 0.0170. The topological polar surface area (TPSA) is 29.5 Å². The maximum atomic E-state index is 11.4. The van der Waals surface area contributed by atoms with Gasteiger partial charge in [-0.25, -0.2) is 0 Å². The summed E-state index contributed by atoms with van der Waals surface area (Å²) < 4.78 is 5.12. The fourth-order valence-electron chi connectivity index (χ4n) is 1.46. The van der Waals surface area contributed by atoms with Gasteiger partial charge in [0.25, 0.3) is 0 Å². The van der Waals surface area contributed by atoms with E-state index in [4.69, 9.17) is 4.74 Å². The molecular weight excluding hydrogens is 154 g/mol. The van der Waals surface area contributed by atoms with Gasteiger partial charge in [-0.2, -0.15) is 0 Å². The van der Waals surface area contributed by atoms with Crippen LogP contribution >= 0.6 is 0 Å². The average Bonchev–Trinajstić information content (AvgIpc) is 2.34. The molecule has 0 aromatic rings. The maximum absolute atomic E-state index is 11.4. The van der Waals surface area contributed by atoms with Crippen molar-refractivity contribution in [3.8, 4) is 0 Å². The van der Waals surface area contributed by atoms with Gasteiger partial charge in [0.2, 0.25) is 0 Å². The number of hydrogen-bond acceptors (Lipinski definition) is 3. The van der Waals surface area contributed by atoms with E-state index in [0.29, 0.717) is 0 Å². The Labute approximate surface area is 73.7 Å². The van der Waals surface area contributed by atoms with E-state index in [1.54, 1.807) is 0 Å². The van der Waals surface area contributed by atoms with Gasteiger partial charge in [0.15, 0.2) is 0 Å². The van der Waals surface area contributed by atoms with E-state index in [1.807, 2.05) is 20.9 Å². The minimum atomic E-state index is -0.0330. The summed E-state index contributed by atoms with van der Waals surface area (Å²) in [6, 6.07) is 0. The van der Waals surface area contributed by atoms with E-state index in [2.05, 4.69) is 4.90 Å². The number of ether oxygens (including phenoxy) is 1. The summed E-state index contributed by atoms with van der Waals surface area (Å²) in [5.74, 6) is 0.0757. The van der Waals surface area contributed by atoms with Gasteiger partial charge < -0.3 is 9.64 Å². The standard InChI is InChI=1S/C9H17NO2/c1-7(2)12-9(11)8-4-5-10(3)6-8/h7-8H,4-6H2,1-3H3. The van der Waals surface area contributed by atoms with Crippen LogP contribution in [-0.4, -0.2) is 37.1 Å². The molecule has 3 heteroatoms. The third-order valence-corrected chi connectivity index (χ3v) is 2.08. The smallest absolute Gasteiger partial charge is 0.310 e. The zero-order chi connectivity index (χ0) is 9.14. The third-order valence-electron chi connectivity index (χ3n) is 2.08. The van der Waals surface area contributed by atoms with Gasteiger partial charge in [0.05, 0.1) is 12.0 Å².